The second kappa shape index (κ2) is 9.00. The minimum Gasteiger partial charge on any atom is -0.387 e. The smallest absolute Gasteiger partial charge is 0.129 e. The molecule has 0 aromatic heterocycles. The van der Waals surface area contributed by atoms with E-state index >= 15 is 0 Å². The molecule has 0 fully saturated rings. The van der Waals surface area contributed by atoms with Gasteiger partial charge in [0, 0.05) is 12.1 Å². The predicted molar refractivity (Wildman–Crippen MR) is 76.6 cm³/mol. The number of aliphatic hydroxyl groups is 1. The fourth-order valence-corrected chi connectivity index (χ4v) is 2.09. The minimum absolute atomic E-state index is 0.00115. The molecule has 5 heteroatoms. The molecule has 20 heavy (non-hydrogen) atoms. The van der Waals surface area contributed by atoms with Gasteiger partial charge in [-0.1, -0.05) is 13.8 Å². The van der Waals surface area contributed by atoms with Crippen molar-refractivity contribution >= 4 is 0 Å². The highest BCUT2D eigenvalue weighted by Crippen LogP contribution is 2.17. The molecule has 3 nitrogen and oxygen atoms in total. The molecule has 0 saturated heterocycles. The summed E-state index contributed by atoms with van der Waals surface area (Å²) in [7, 11) is 0. The van der Waals surface area contributed by atoms with Crippen LogP contribution < -0.4 is 5.32 Å². The van der Waals surface area contributed by atoms with Crippen molar-refractivity contribution in [2.24, 2.45) is 0 Å². The van der Waals surface area contributed by atoms with Crippen LogP contribution >= 0.6 is 0 Å². The highest BCUT2D eigenvalue weighted by atomic mass is 19.1. The lowest BCUT2D eigenvalue weighted by Gasteiger charge is -2.18. The number of rotatable bonds is 9. The maximum atomic E-state index is 13.4. The lowest BCUT2D eigenvalue weighted by atomic mass is 10.1. The number of halogens is 2. The summed E-state index contributed by atoms with van der Waals surface area (Å²) in [6.07, 6.45) is -0.0702. The second-order valence-electron chi connectivity index (χ2n) is 4.77. The van der Waals surface area contributed by atoms with Gasteiger partial charge in [-0.15, -0.1) is 0 Å². The molecule has 0 spiro atoms. The van der Waals surface area contributed by atoms with Gasteiger partial charge in [0.2, 0.25) is 0 Å². The Morgan fingerprint density at radius 3 is 2.60 bits per heavy atom. The Balaban J connectivity index is 2.29. The fraction of sp³-hybridized carbons (Fsp3) is 0.600. The first-order valence-corrected chi connectivity index (χ1v) is 7.14. The van der Waals surface area contributed by atoms with Crippen molar-refractivity contribution in [3.8, 4) is 0 Å². The average molecular weight is 286 g/mol. The third-order valence-electron chi connectivity index (χ3n) is 3.38. The molecule has 0 aliphatic rings. The lowest BCUT2D eigenvalue weighted by Crippen LogP contribution is -2.29. The molecule has 0 aliphatic carbocycles. The van der Waals surface area contributed by atoms with Gasteiger partial charge in [0.1, 0.15) is 11.6 Å². The number of hydrogen-bond donors (Lipinski definition) is 2. The van der Waals surface area contributed by atoms with E-state index < -0.39 is 17.7 Å². The van der Waals surface area contributed by atoms with E-state index in [1.54, 1.807) is 0 Å². The van der Waals surface area contributed by atoms with E-state index in [2.05, 4.69) is 24.1 Å². The van der Waals surface area contributed by atoms with E-state index in [1.165, 1.54) is 0 Å². The SMILES string of the molecule is CCN(CC)CCCNCC(O)c1cc(F)ccc1F. The van der Waals surface area contributed by atoms with Gasteiger partial charge in [-0.05, 0) is 50.8 Å². The highest BCUT2D eigenvalue weighted by molar-refractivity contribution is 5.21. The molecule has 0 saturated carbocycles. The molecule has 0 bridgehead atoms. The molecule has 1 aromatic carbocycles. The third kappa shape index (κ3) is 5.53. The molecule has 1 unspecified atom stereocenters. The van der Waals surface area contributed by atoms with Gasteiger partial charge >= 0.3 is 0 Å². The molecule has 0 amide bonds. The molecular weight excluding hydrogens is 262 g/mol. The Hall–Kier alpha value is -1.04. The Morgan fingerprint density at radius 1 is 1.25 bits per heavy atom. The van der Waals surface area contributed by atoms with Gasteiger partial charge < -0.3 is 15.3 Å². The van der Waals surface area contributed by atoms with Gasteiger partial charge in [0.15, 0.2) is 0 Å². The first kappa shape index (κ1) is 17.0. The second-order valence-corrected chi connectivity index (χ2v) is 4.77. The minimum atomic E-state index is -1.03. The summed E-state index contributed by atoms with van der Waals surface area (Å²) in [6.45, 7) is 8.23. The fourth-order valence-electron chi connectivity index (χ4n) is 2.09. The molecule has 1 aromatic rings. The summed E-state index contributed by atoms with van der Waals surface area (Å²) >= 11 is 0. The van der Waals surface area contributed by atoms with E-state index in [-0.39, 0.29) is 12.1 Å². The van der Waals surface area contributed by atoms with Crippen molar-refractivity contribution in [1.82, 2.24) is 10.2 Å². The third-order valence-corrected chi connectivity index (χ3v) is 3.38. The van der Waals surface area contributed by atoms with Gasteiger partial charge in [-0.2, -0.15) is 0 Å². The molecule has 1 rings (SSSR count). The summed E-state index contributed by atoms with van der Waals surface area (Å²) in [5.41, 5.74) is 0.00115. The van der Waals surface area contributed by atoms with Crippen molar-refractivity contribution in [2.75, 3.05) is 32.7 Å². The summed E-state index contributed by atoms with van der Waals surface area (Å²) in [6, 6.07) is 3.12. The van der Waals surface area contributed by atoms with E-state index in [1.807, 2.05) is 0 Å². The molecule has 0 aliphatic heterocycles. The first-order chi connectivity index (χ1) is 9.58. The van der Waals surface area contributed by atoms with Gasteiger partial charge in [-0.25, -0.2) is 8.78 Å². The molecule has 0 heterocycles. The van der Waals surface area contributed by atoms with Crippen molar-refractivity contribution in [3.05, 3.63) is 35.4 Å². The van der Waals surface area contributed by atoms with E-state index in [4.69, 9.17) is 0 Å². The van der Waals surface area contributed by atoms with Crippen molar-refractivity contribution < 1.29 is 13.9 Å². The van der Waals surface area contributed by atoms with Gasteiger partial charge in [0.25, 0.3) is 0 Å². The highest BCUT2D eigenvalue weighted by Gasteiger charge is 2.13. The lowest BCUT2D eigenvalue weighted by molar-refractivity contribution is 0.169. The standard InChI is InChI=1S/C15H24F2N2O/c1-3-19(4-2)9-5-8-18-11-15(20)13-10-12(16)6-7-14(13)17/h6-7,10,15,18,20H,3-5,8-9,11H2,1-2H3. The van der Waals surface area contributed by atoms with Crippen LogP contribution in [0.3, 0.4) is 0 Å². The van der Waals surface area contributed by atoms with Crippen LogP contribution in [0.15, 0.2) is 18.2 Å². The molecule has 0 radical (unpaired) electrons. The zero-order valence-electron chi connectivity index (χ0n) is 12.2. The van der Waals surface area contributed by atoms with Crippen molar-refractivity contribution in [3.63, 3.8) is 0 Å². The molecular formula is C15H24F2N2O. The summed E-state index contributed by atoms with van der Waals surface area (Å²) in [4.78, 5) is 2.31. The van der Waals surface area contributed by atoms with Crippen LogP contribution in [0, 0.1) is 11.6 Å². The van der Waals surface area contributed by atoms with Crippen LogP contribution in [-0.2, 0) is 0 Å². The maximum absolute atomic E-state index is 13.4. The Bertz CT molecular complexity index is 397. The largest absolute Gasteiger partial charge is 0.387 e. The monoisotopic (exact) mass is 286 g/mol. The number of hydrogen-bond acceptors (Lipinski definition) is 3. The quantitative estimate of drug-likeness (QED) is 0.684. The average Bonchev–Trinajstić information content (AvgIpc) is 2.45. The van der Waals surface area contributed by atoms with Crippen LogP contribution in [0.4, 0.5) is 8.78 Å². The first-order valence-electron chi connectivity index (χ1n) is 7.14. The Labute approximate surface area is 119 Å². The Morgan fingerprint density at radius 2 is 1.95 bits per heavy atom. The number of nitrogens with zero attached hydrogens (tertiary/aromatic N) is 1. The van der Waals surface area contributed by atoms with Crippen LogP contribution in [0.5, 0.6) is 0 Å². The molecule has 1 atom stereocenters. The van der Waals surface area contributed by atoms with E-state index in [9.17, 15) is 13.9 Å². The molecule has 114 valence electrons. The summed E-state index contributed by atoms with van der Waals surface area (Å²) in [5.74, 6) is -1.12. The zero-order chi connectivity index (χ0) is 15.0. The number of nitrogens with one attached hydrogen (secondary N) is 1. The molecule has 2 N–H and O–H groups in total. The summed E-state index contributed by atoms with van der Waals surface area (Å²) < 4.78 is 26.4. The van der Waals surface area contributed by atoms with Crippen LogP contribution in [0.2, 0.25) is 0 Å². The van der Waals surface area contributed by atoms with Crippen LogP contribution in [0.1, 0.15) is 31.9 Å². The van der Waals surface area contributed by atoms with E-state index in [0.29, 0.717) is 0 Å². The van der Waals surface area contributed by atoms with Gasteiger partial charge in [0.05, 0.1) is 6.10 Å². The van der Waals surface area contributed by atoms with Gasteiger partial charge in [-0.3, -0.25) is 0 Å². The number of benzene rings is 1. The maximum Gasteiger partial charge on any atom is 0.129 e. The Kier molecular flexibility index (Phi) is 7.65. The zero-order valence-corrected chi connectivity index (χ0v) is 12.2. The van der Waals surface area contributed by atoms with Crippen molar-refractivity contribution in [1.29, 1.82) is 0 Å². The van der Waals surface area contributed by atoms with Crippen molar-refractivity contribution in [2.45, 2.75) is 26.4 Å². The predicted octanol–water partition coefficient (Wildman–Crippen LogP) is 2.32. The number of aliphatic hydroxyl groups excluding tert-OH is 1. The summed E-state index contributed by atoms with van der Waals surface area (Å²) in [5, 5.41) is 12.9. The van der Waals surface area contributed by atoms with Crippen LogP contribution in [-0.4, -0.2) is 42.7 Å². The topological polar surface area (TPSA) is 35.5 Å². The van der Waals surface area contributed by atoms with E-state index in [0.717, 1.165) is 50.8 Å². The normalized spacial score (nSPS) is 12.9. The van der Waals surface area contributed by atoms with Crippen LogP contribution in [0.25, 0.3) is 0 Å².